The van der Waals surface area contributed by atoms with E-state index in [1.165, 1.54) is 0 Å². The maximum absolute atomic E-state index is 10.7. The fourth-order valence-electron chi connectivity index (χ4n) is 1.09. The van der Waals surface area contributed by atoms with Crippen molar-refractivity contribution in [3.05, 3.63) is 30.9 Å². The maximum atomic E-state index is 10.7. The second-order valence-corrected chi connectivity index (χ2v) is 2.99. The minimum absolute atomic E-state index is 0.124. The van der Waals surface area contributed by atoms with Crippen molar-refractivity contribution in [3.63, 3.8) is 0 Å². The van der Waals surface area contributed by atoms with Crippen molar-refractivity contribution in [2.24, 2.45) is 0 Å². The fourth-order valence-corrected chi connectivity index (χ4v) is 1.09. The average Bonchev–Trinajstić information content (AvgIpc) is 2.27. The average molecular weight is 222 g/mol. The van der Waals surface area contributed by atoms with Crippen LogP contribution in [-0.2, 0) is 9.53 Å². The minimum Gasteiger partial charge on any atom is -0.486 e. The number of hydrogen-bond donors (Lipinski definition) is 2. The molecule has 0 unspecified atom stereocenters. The van der Waals surface area contributed by atoms with Gasteiger partial charge >= 0.3 is 5.97 Å². The second kappa shape index (κ2) is 5.65. The first-order chi connectivity index (χ1) is 7.65. The van der Waals surface area contributed by atoms with E-state index in [1.54, 1.807) is 18.2 Å². The summed E-state index contributed by atoms with van der Waals surface area (Å²) in [5, 5.41) is 0. The molecule has 0 bridgehead atoms. The standard InChI is InChI=1S/C11H14N2O3/c1-2-10(14)15-6-7-16-11-8(12)4-3-5-9(11)13/h2-5H,1,6-7,12-13H2. The Morgan fingerprint density at radius 1 is 1.31 bits per heavy atom. The Kier molecular flexibility index (Phi) is 4.20. The normalized spacial score (nSPS) is 9.50. The van der Waals surface area contributed by atoms with Crippen LogP contribution in [0.1, 0.15) is 0 Å². The van der Waals surface area contributed by atoms with Gasteiger partial charge in [0, 0.05) is 6.08 Å². The highest BCUT2D eigenvalue weighted by Gasteiger charge is 2.04. The molecule has 0 spiro atoms. The first kappa shape index (κ1) is 11.9. The van der Waals surface area contributed by atoms with Gasteiger partial charge in [0.05, 0.1) is 11.4 Å². The van der Waals surface area contributed by atoms with Crippen molar-refractivity contribution < 1.29 is 14.3 Å². The largest absolute Gasteiger partial charge is 0.486 e. The number of nitrogen functional groups attached to an aromatic ring is 2. The Labute approximate surface area is 93.6 Å². The monoisotopic (exact) mass is 222 g/mol. The zero-order valence-corrected chi connectivity index (χ0v) is 8.81. The quantitative estimate of drug-likeness (QED) is 0.335. The second-order valence-electron chi connectivity index (χ2n) is 2.99. The lowest BCUT2D eigenvalue weighted by atomic mass is 10.2. The molecule has 0 aliphatic rings. The number of benzene rings is 1. The molecule has 1 aromatic rings. The van der Waals surface area contributed by atoms with Gasteiger partial charge in [0.25, 0.3) is 0 Å². The van der Waals surface area contributed by atoms with Gasteiger partial charge in [0.15, 0.2) is 5.75 Å². The Morgan fingerprint density at radius 3 is 2.50 bits per heavy atom. The van der Waals surface area contributed by atoms with Crippen LogP contribution in [0.3, 0.4) is 0 Å². The molecule has 86 valence electrons. The van der Waals surface area contributed by atoms with Crippen molar-refractivity contribution >= 4 is 17.3 Å². The molecule has 5 nitrogen and oxygen atoms in total. The molecule has 1 aromatic carbocycles. The number of nitrogens with two attached hydrogens (primary N) is 2. The first-order valence-electron chi connectivity index (χ1n) is 4.71. The molecule has 0 radical (unpaired) electrons. The Balaban J connectivity index is 2.43. The van der Waals surface area contributed by atoms with Crippen LogP contribution in [0.4, 0.5) is 11.4 Å². The van der Waals surface area contributed by atoms with Crippen LogP contribution in [0.15, 0.2) is 30.9 Å². The molecule has 0 saturated heterocycles. The van der Waals surface area contributed by atoms with Crippen LogP contribution in [0.5, 0.6) is 5.75 Å². The zero-order chi connectivity index (χ0) is 12.0. The summed E-state index contributed by atoms with van der Waals surface area (Å²) in [5.74, 6) is -0.0743. The summed E-state index contributed by atoms with van der Waals surface area (Å²) in [5.41, 5.74) is 12.2. The van der Waals surface area contributed by atoms with E-state index in [9.17, 15) is 4.79 Å². The van der Waals surface area contributed by atoms with Crippen LogP contribution in [0.25, 0.3) is 0 Å². The molecule has 0 saturated carbocycles. The van der Waals surface area contributed by atoms with Gasteiger partial charge < -0.3 is 20.9 Å². The van der Waals surface area contributed by atoms with Crippen LogP contribution in [-0.4, -0.2) is 19.2 Å². The lowest BCUT2D eigenvalue weighted by molar-refractivity contribution is -0.138. The molecule has 16 heavy (non-hydrogen) atoms. The molecule has 0 aliphatic carbocycles. The van der Waals surface area contributed by atoms with Gasteiger partial charge in [0.2, 0.25) is 0 Å². The van der Waals surface area contributed by atoms with E-state index in [0.717, 1.165) is 6.08 Å². The number of ether oxygens (including phenoxy) is 2. The van der Waals surface area contributed by atoms with E-state index in [-0.39, 0.29) is 13.2 Å². The number of carbonyl (C=O) groups is 1. The summed E-state index contributed by atoms with van der Waals surface area (Å²) in [6.45, 7) is 3.59. The molecule has 1 rings (SSSR count). The van der Waals surface area contributed by atoms with Crippen molar-refractivity contribution in [3.8, 4) is 5.75 Å². The molecule has 0 fully saturated rings. The molecule has 0 aliphatic heterocycles. The SMILES string of the molecule is C=CC(=O)OCCOc1c(N)cccc1N. The molecular formula is C11H14N2O3. The van der Waals surface area contributed by atoms with Crippen molar-refractivity contribution in [2.75, 3.05) is 24.7 Å². The third-order valence-electron chi connectivity index (χ3n) is 1.82. The lowest BCUT2D eigenvalue weighted by Gasteiger charge is -2.10. The highest BCUT2D eigenvalue weighted by molar-refractivity contribution is 5.81. The lowest BCUT2D eigenvalue weighted by Crippen LogP contribution is -2.11. The van der Waals surface area contributed by atoms with Crippen LogP contribution in [0.2, 0.25) is 0 Å². The fraction of sp³-hybridized carbons (Fsp3) is 0.182. The van der Waals surface area contributed by atoms with Gasteiger partial charge in [-0.1, -0.05) is 12.6 Å². The molecule has 5 heteroatoms. The van der Waals surface area contributed by atoms with Crippen molar-refractivity contribution in [2.45, 2.75) is 0 Å². The molecule has 4 N–H and O–H groups in total. The number of rotatable bonds is 5. The Hall–Kier alpha value is -2.17. The summed E-state index contributed by atoms with van der Waals surface area (Å²) < 4.78 is 10.0. The van der Waals surface area contributed by atoms with E-state index < -0.39 is 5.97 Å². The summed E-state index contributed by atoms with van der Waals surface area (Å²) >= 11 is 0. The first-order valence-corrected chi connectivity index (χ1v) is 4.71. The van der Waals surface area contributed by atoms with Gasteiger partial charge in [-0.25, -0.2) is 4.79 Å². The van der Waals surface area contributed by atoms with Crippen LogP contribution < -0.4 is 16.2 Å². The minimum atomic E-state index is -0.488. The Bertz CT molecular complexity index is 371. The highest BCUT2D eigenvalue weighted by Crippen LogP contribution is 2.27. The summed E-state index contributed by atoms with van der Waals surface area (Å²) in [7, 11) is 0. The highest BCUT2D eigenvalue weighted by atomic mass is 16.6. The number of carbonyl (C=O) groups excluding carboxylic acids is 1. The molecule has 0 heterocycles. The molecule has 0 atom stereocenters. The molecular weight excluding hydrogens is 208 g/mol. The van der Waals surface area contributed by atoms with E-state index >= 15 is 0 Å². The van der Waals surface area contributed by atoms with E-state index in [1.807, 2.05) is 0 Å². The van der Waals surface area contributed by atoms with Crippen molar-refractivity contribution in [1.29, 1.82) is 0 Å². The van der Waals surface area contributed by atoms with Crippen LogP contribution >= 0.6 is 0 Å². The number of anilines is 2. The Morgan fingerprint density at radius 2 is 1.94 bits per heavy atom. The smallest absolute Gasteiger partial charge is 0.330 e. The van der Waals surface area contributed by atoms with E-state index in [4.69, 9.17) is 20.9 Å². The molecule has 0 aromatic heterocycles. The third kappa shape index (κ3) is 3.20. The van der Waals surface area contributed by atoms with Gasteiger partial charge in [-0.2, -0.15) is 0 Å². The predicted octanol–water partition coefficient (Wildman–Crippen LogP) is 0.959. The van der Waals surface area contributed by atoms with Crippen LogP contribution in [0, 0.1) is 0 Å². The van der Waals surface area contributed by atoms with Crippen molar-refractivity contribution in [1.82, 2.24) is 0 Å². The van der Waals surface area contributed by atoms with Gasteiger partial charge in [-0.15, -0.1) is 0 Å². The topological polar surface area (TPSA) is 87.6 Å². The number of hydrogen-bond acceptors (Lipinski definition) is 5. The van der Waals surface area contributed by atoms with Gasteiger partial charge in [-0.05, 0) is 12.1 Å². The number of para-hydroxylation sites is 1. The maximum Gasteiger partial charge on any atom is 0.330 e. The zero-order valence-electron chi connectivity index (χ0n) is 8.81. The molecule has 0 amide bonds. The van der Waals surface area contributed by atoms with E-state index in [0.29, 0.717) is 17.1 Å². The predicted molar refractivity (Wildman–Crippen MR) is 61.9 cm³/mol. The number of esters is 1. The summed E-state index contributed by atoms with van der Waals surface area (Å²) in [6.07, 6.45) is 1.09. The summed E-state index contributed by atoms with van der Waals surface area (Å²) in [6, 6.07) is 5.10. The van der Waals surface area contributed by atoms with Gasteiger partial charge in [0.1, 0.15) is 13.2 Å². The third-order valence-corrected chi connectivity index (χ3v) is 1.82. The van der Waals surface area contributed by atoms with E-state index in [2.05, 4.69) is 6.58 Å². The summed E-state index contributed by atoms with van der Waals surface area (Å²) in [4.78, 5) is 10.7. The van der Waals surface area contributed by atoms with Gasteiger partial charge in [-0.3, -0.25) is 0 Å².